The molecule has 25 heavy (non-hydrogen) atoms. The van der Waals surface area contributed by atoms with Crippen molar-refractivity contribution in [1.82, 2.24) is 24.6 Å². The maximum Gasteiger partial charge on any atom is 0.257 e. The van der Waals surface area contributed by atoms with Gasteiger partial charge in [-0.1, -0.05) is 6.92 Å². The van der Waals surface area contributed by atoms with Gasteiger partial charge in [-0.15, -0.1) is 0 Å². The summed E-state index contributed by atoms with van der Waals surface area (Å²) >= 11 is 0. The van der Waals surface area contributed by atoms with Crippen molar-refractivity contribution in [3.63, 3.8) is 0 Å². The molecule has 3 rings (SSSR count). The normalized spacial score (nSPS) is 17.7. The van der Waals surface area contributed by atoms with Crippen LogP contribution >= 0.6 is 0 Å². The highest BCUT2D eigenvalue weighted by molar-refractivity contribution is 5.95. The molecule has 1 atom stereocenters. The first-order valence-corrected chi connectivity index (χ1v) is 8.89. The number of H-pyrrole nitrogens is 1. The number of aryl methyl sites for hydroxylation is 3. The summed E-state index contributed by atoms with van der Waals surface area (Å²) in [6.07, 6.45) is 4.67. The Kier molecular flexibility index (Phi) is 5.01. The fraction of sp³-hybridized carbons (Fsp3) is 0.556. The number of piperidine rings is 1. The van der Waals surface area contributed by atoms with Crippen LogP contribution in [0.25, 0.3) is 0 Å². The van der Waals surface area contributed by atoms with Crippen molar-refractivity contribution in [1.29, 1.82) is 0 Å². The smallest absolute Gasteiger partial charge is 0.257 e. The highest BCUT2D eigenvalue weighted by Gasteiger charge is 2.28. The molecule has 134 valence electrons. The van der Waals surface area contributed by atoms with Gasteiger partial charge in [-0.05, 0) is 33.1 Å². The molecule has 1 fully saturated rings. The highest BCUT2D eigenvalue weighted by Crippen LogP contribution is 2.26. The third kappa shape index (κ3) is 3.81. The highest BCUT2D eigenvalue weighted by atomic mass is 16.2. The van der Waals surface area contributed by atoms with Crippen LogP contribution in [-0.4, -0.2) is 43.6 Å². The minimum atomic E-state index is -0.136. The predicted molar refractivity (Wildman–Crippen MR) is 94.7 cm³/mol. The van der Waals surface area contributed by atoms with Gasteiger partial charge in [0, 0.05) is 37.8 Å². The lowest BCUT2D eigenvalue weighted by Gasteiger charge is -2.32. The second-order valence-electron chi connectivity index (χ2n) is 6.74. The number of hydrogen-bond donors (Lipinski definition) is 1. The van der Waals surface area contributed by atoms with Gasteiger partial charge in [0.2, 0.25) is 0 Å². The summed E-state index contributed by atoms with van der Waals surface area (Å²) in [5.74, 6) is 0.735. The summed E-state index contributed by atoms with van der Waals surface area (Å²) in [5.41, 5.74) is 2.08. The summed E-state index contributed by atoms with van der Waals surface area (Å²) in [7, 11) is 0. The zero-order valence-corrected chi connectivity index (χ0v) is 15.1. The summed E-state index contributed by atoms with van der Waals surface area (Å²) in [6.45, 7) is 7.88. The molecule has 0 aliphatic carbocycles. The summed E-state index contributed by atoms with van der Waals surface area (Å²) in [4.78, 5) is 33.6. The van der Waals surface area contributed by atoms with E-state index < -0.39 is 0 Å². The van der Waals surface area contributed by atoms with Crippen LogP contribution in [0.15, 0.2) is 17.1 Å². The number of hydrogen-bond acceptors (Lipinski definition) is 4. The largest absolute Gasteiger partial charge is 0.338 e. The van der Waals surface area contributed by atoms with Crippen molar-refractivity contribution in [3.05, 3.63) is 45.4 Å². The van der Waals surface area contributed by atoms with E-state index in [9.17, 15) is 9.59 Å². The average Bonchev–Trinajstić information content (AvgIpc) is 2.94. The van der Waals surface area contributed by atoms with Gasteiger partial charge in [0.15, 0.2) is 0 Å². The lowest BCUT2D eigenvalue weighted by Crippen LogP contribution is -2.39. The zero-order chi connectivity index (χ0) is 18.0. The van der Waals surface area contributed by atoms with Gasteiger partial charge in [0.05, 0.1) is 17.0 Å². The van der Waals surface area contributed by atoms with E-state index in [1.807, 2.05) is 22.7 Å². The Labute approximate surface area is 147 Å². The van der Waals surface area contributed by atoms with Gasteiger partial charge in [0.1, 0.15) is 5.82 Å². The first-order valence-electron chi connectivity index (χ1n) is 8.89. The van der Waals surface area contributed by atoms with Crippen molar-refractivity contribution in [2.45, 2.75) is 52.5 Å². The number of nitrogens with one attached hydrogen (secondary N) is 1. The molecule has 1 N–H and O–H groups in total. The molecule has 0 saturated carbocycles. The van der Waals surface area contributed by atoms with Crippen LogP contribution in [0.5, 0.6) is 0 Å². The number of aromatic amines is 1. The van der Waals surface area contributed by atoms with Crippen molar-refractivity contribution < 1.29 is 4.79 Å². The van der Waals surface area contributed by atoms with Crippen molar-refractivity contribution >= 4 is 5.91 Å². The summed E-state index contributed by atoms with van der Waals surface area (Å²) in [5, 5.41) is 4.43. The second kappa shape index (κ2) is 7.21. The molecule has 0 radical (unpaired) electrons. The molecule has 7 heteroatoms. The standard InChI is InChI=1S/C18H25N5O2/c1-4-7-23-11-15(12(2)21-23)18(25)22-8-5-6-14(10-22)16-9-17(24)20-13(3)19-16/h9,11,14H,4-8,10H2,1-3H3,(H,19,20,24)/t14-/m0/s1. The number of carbonyl (C=O) groups is 1. The van der Waals surface area contributed by atoms with E-state index >= 15 is 0 Å². The van der Waals surface area contributed by atoms with Gasteiger partial charge < -0.3 is 9.88 Å². The second-order valence-corrected chi connectivity index (χ2v) is 6.74. The van der Waals surface area contributed by atoms with E-state index in [2.05, 4.69) is 22.0 Å². The molecule has 3 heterocycles. The van der Waals surface area contributed by atoms with Crippen molar-refractivity contribution in [2.24, 2.45) is 0 Å². The van der Waals surface area contributed by atoms with Gasteiger partial charge in [0.25, 0.3) is 11.5 Å². The number of amides is 1. The SMILES string of the molecule is CCCn1cc(C(=O)N2CCC[C@H](c3cc(=O)[nH]c(C)n3)C2)c(C)n1. The van der Waals surface area contributed by atoms with Crippen LogP contribution in [-0.2, 0) is 6.54 Å². The molecular weight excluding hydrogens is 318 g/mol. The van der Waals surface area contributed by atoms with E-state index in [0.717, 1.165) is 43.7 Å². The lowest BCUT2D eigenvalue weighted by atomic mass is 9.94. The van der Waals surface area contributed by atoms with Crippen LogP contribution in [0, 0.1) is 13.8 Å². The van der Waals surface area contributed by atoms with E-state index in [-0.39, 0.29) is 17.4 Å². The van der Waals surface area contributed by atoms with E-state index in [0.29, 0.717) is 17.9 Å². The predicted octanol–water partition coefficient (Wildman–Crippen LogP) is 2.01. The topological polar surface area (TPSA) is 83.9 Å². The van der Waals surface area contributed by atoms with Crippen molar-refractivity contribution in [3.8, 4) is 0 Å². The molecule has 0 spiro atoms. The molecule has 0 aromatic carbocycles. The zero-order valence-electron chi connectivity index (χ0n) is 15.1. The number of likely N-dealkylation sites (tertiary alicyclic amines) is 1. The number of carbonyl (C=O) groups excluding carboxylic acids is 1. The maximum absolute atomic E-state index is 12.9. The van der Waals surface area contributed by atoms with E-state index in [4.69, 9.17) is 0 Å². The number of nitrogens with zero attached hydrogens (tertiary/aromatic N) is 4. The van der Waals surface area contributed by atoms with Gasteiger partial charge in [-0.3, -0.25) is 14.3 Å². The molecule has 1 saturated heterocycles. The molecule has 2 aromatic heterocycles. The molecule has 0 unspecified atom stereocenters. The van der Waals surface area contributed by atoms with Crippen LogP contribution < -0.4 is 5.56 Å². The van der Waals surface area contributed by atoms with Crippen molar-refractivity contribution in [2.75, 3.05) is 13.1 Å². The Morgan fingerprint density at radius 2 is 2.20 bits per heavy atom. The Bertz CT molecular complexity index is 823. The minimum Gasteiger partial charge on any atom is -0.338 e. The minimum absolute atomic E-state index is 0.0196. The fourth-order valence-corrected chi connectivity index (χ4v) is 3.46. The molecule has 1 amide bonds. The maximum atomic E-state index is 12.9. The Morgan fingerprint density at radius 1 is 1.40 bits per heavy atom. The fourth-order valence-electron chi connectivity index (χ4n) is 3.46. The quantitative estimate of drug-likeness (QED) is 0.920. The first kappa shape index (κ1) is 17.4. The average molecular weight is 343 g/mol. The van der Waals surface area contributed by atoms with Crippen LogP contribution in [0.4, 0.5) is 0 Å². The monoisotopic (exact) mass is 343 g/mol. The summed E-state index contributed by atoms with van der Waals surface area (Å²) < 4.78 is 1.84. The Hall–Kier alpha value is -2.44. The molecule has 2 aromatic rings. The molecule has 7 nitrogen and oxygen atoms in total. The molecule has 1 aliphatic rings. The van der Waals surface area contributed by atoms with Gasteiger partial charge >= 0.3 is 0 Å². The number of rotatable bonds is 4. The molecule has 1 aliphatic heterocycles. The van der Waals surface area contributed by atoms with Crippen LogP contribution in [0.2, 0.25) is 0 Å². The Balaban J connectivity index is 1.79. The van der Waals surface area contributed by atoms with Gasteiger partial charge in [-0.2, -0.15) is 5.10 Å². The third-order valence-electron chi connectivity index (χ3n) is 4.64. The Morgan fingerprint density at radius 3 is 2.92 bits per heavy atom. The lowest BCUT2D eigenvalue weighted by molar-refractivity contribution is 0.0705. The van der Waals surface area contributed by atoms with E-state index in [1.54, 1.807) is 13.0 Å². The number of aromatic nitrogens is 4. The van der Waals surface area contributed by atoms with Crippen LogP contribution in [0.3, 0.4) is 0 Å². The molecular formula is C18H25N5O2. The summed E-state index contributed by atoms with van der Waals surface area (Å²) in [6, 6.07) is 1.55. The van der Waals surface area contributed by atoms with E-state index in [1.165, 1.54) is 0 Å². The van der Waals surface area contributed by atoms with Gasteiger partial charge in [-0.25, -0.2) is 4.98 Å². The first-order chi connectivity index (χ1) is 12.0. The molecule has 0 bridgehead atoms. The van der Waals surface area contributed by atoms with Crippen LogP contribution in [0.1, 0.15) is 59.7 Å². The third-order valence-corrected chi connectivity index (χ3v) is 4.64.